The lowest BCUT2D eigenvalue weighted by Gasteiger charge is -2.20. The number of imidazole rings is 2. The average Bonchev–Trinajstić information content (AvgIpc) is 3.79. The van der Waals surface area contributed by atoms with Crippen molar-refractivity contribution in [2.45, 2.75) is 65.8 Å². The predicted molar refractivity (Wildman–Crippen MR) is 244 cm³/mol. The van der Waals surface area contributed by atoms with Gasteiger partial charge in [-0.2, -0.15) is 0 Å². The highest BCUT2D eigenvalue weighted by molar-refractivity contribution is 6.31. The molecule has 0 aliphatic carbocycles. The average molecular weight is 946 g/mol. The van der Waals surface area contributed by atoms with Gasteiger partial charge in [0.25, 0.3) is 23.6 Å². The Morgan fingerprint density at radius 3 is 1.24 bits per heavy atom. The summed E-state index contributed by atoms with van der Waals surface area (Å²) in [7, 11) is 2.70. The molecular formula is C44H46Cl2N10O10. The molecule has 346 valence electrons. The Balaban J connectivity index is 1.54. The second kappa shape index (κ2) is 18.9. The van der Waals surface area contributed by atoms with E-state index in [1.807, 2.05) is 0 Å². The number of nitrogens with two attached hydrogens (primary N) is 2. The van der Waals surface area contributed by atoms with Crippen LogP contribution in [-0.2, 0) is 22.6 Å². The molecule has 0 atom stereocenters. The number of nitrogens with zero attached hydrogens (tertiary/aromatic N) is 4. The van der Waals surface area contributed by atoms with Crippen LogP contribution in [0.5, 0.6) is 11.5 Å². The number of aromatic nitrogens is 4. The molecule has 0 saturated carbocycles. The number of halogens is 2. The van der Waals surface area contributed by atoms with Gasteiger partial charge in [-0.05, 0) is 102 Å². The van der Waals surface area contributed by atoms with E-state index in [9.17, 15) is 28.8 Å². The number of carbonyl (C=O) groups excluding carboxylic acids is 6. The minimum absolute atomic E-state index is 0.0153. The first kappa shape index (κ1) is 47.9. The van der Waals surface area contributed by atoms with Crippen LogP contribution in [0.2, 0.25) is 10.0 Å². The van der Waals surface area contributed by atoms with Gasteiger partial charge in [-0.25, -0.2) is 30.4 Å². The summed E-state index contributed by atoms with van der Waals surface area (Å²) in [5.74, 6) is -2.65. The Morgan fingerprint density at radius 1 is 0.561 bits per heavy atom. The molecule has 0 spiro atoms. The normalized spacial score (nSPS) is 11.5. The highest BCUT2D eigenvalue weighted by atomic mass is 35.5. The summed E-state index contributed by atoms with van der Waals surface area (Å²) < 4.78 is 25.4. The molecule has 0 fully saturated rings. The first-order valence-electron chi connectivity index (χ1n) is 19.9. The number of aryl methyl sites for hydroxylation is 2. The zero-order valence-corrected chi connectivity index (χ0v) is 38.5. The molecule has 4 aromatic carbocycles. The molecule has 2 heterocycles. The van der Waals surface area contributed by atoms with Crippen LogP contribution < -0.4 is 42.6 Å². The van der Waals surface area contributed by atoms with Crippen molar-refractivity contribution >= 4 is 81.1 Å². The first-order chi connectivity index (χ1) is 31.0. The third-order valence-electron chi connectivity index (χ3n) is 9.52. The van der Waals surface area contributed by atoms with Crippen LogP contribution >= 0.6 is 23.2 Å². The Labute approximate surface area is 387 Å². The number of carbonyl (C=O) groups is 6. The number of hydrogen-bond acceptors (Lipinski definition) is 12. The maximum absolute atomic E-state index is 13.8. The van der Waals surface area contributed by atoms with E-state index in [0.29, 0.717) is 11.0 Å². The lowest BCUT2D eigenvalue weighted by atomic mass is 10.1. The minimum atomic E-state index is -0.918. The summed E-state index contributed by atoms with van der Waals surface area (Å²) in [6.45, 7) is 10.0. The summed E-state index contributed by atoms with van der Waals surface area (Å²) in [6, 6.07) is 15.1. The Bertz CT molecular complexity index is 2750. The number of amides is 6. The number of hydrogen-bond donors (Lipinski definition) is 6. The van der Waals surface area contributed by atoms with Gasteiger partial charge in [-0.3, -0.25) is 30.0 Å². The van der Waals surface area contributed by atoms with Crippen LogP contribution in [0.25, 0.3) is 44.8 Å². The molecule has 6 rings (SSSR count). The maximum Gasteiger partial charge on any atom is 0.426 e. The van der Waals surface area contributed by atoms with E-state index in [4.69, 9.17) is 63.6 Å². The van der Waals surface area contributed by atoms with Gasteiger partial charge in [0.15, 0.2) is 11.5 Å². The second-order valence-corrected chi connectivity index (χ2v) is 17.3. The molecule has 6 amide bonds. The number of hydrazine groups is 2. The van der Waals surface area contributed by atoms with Gasteiger partial charge in [0.05, 0.1) is 47.5 Å². The maximum atomic E-state index is 13.8. The van der Waals surface area contributed by atoms with E-state index >= 15 is 0 Å². The van der Waals surface area contributed by atoms with Crippen LogP contribution in [0, 0.1) is 0 Å². The van der Waals surface area contributed by atoms with Gasteiger partial charge < -0.3 is 39.5 Å². The minimum Gasteiger partial charge on any atom is -0.494 e. The lowest BCUT2D eigenvalue weighted by molar-refractivity contribution is 0.0477. The number of ether oxygens (including phenoxy) is 4. The summed E-state index contributed by atoms with van der Waals surface area (Å²) in [5, 5.41) is 0.362. The Morgan fingerprint density at radius 2 is 0.924 bits per heavy atom. The largest absolute Gasteiger partial charge is 0.494 e. The van der Waals surface area contributed by atoms with Crippen molar-refractivity contribution in [3.05, 3.63) is 93.0 Å². The Kier molecular flexibility index (Phi) is 13.7. The van der Waals surface area contributed by atoms with Crippen LogP contribution in [0.4, 0.5) is 9.59 Å². The van der Waals surface area contributed by atoms with E-state index in [1.54, 1.807) is 87.1 Å². The summed E-state index contributed by atoms with van der Waals surface area (Å²) >= 11 is 12.9. The monoisotopic (exact) mass is 944 g/mol. The van der Waals surface area contributed by atoms with Crippen molar-refractivity contribution in [2.75, 3.05) is 14.2 Å². The molecule has 0 unspecified atom stereocenters. The van der Waals surface area contributed by atoms with Gasteiger partial charge in [0.2, 0.25) is 0 Å². The summed E-state index contributed by atoms with van der Waals surface area (Å²) in [4.78, 5) is 87.7. The van der Waals surface area contributed by atoms with Crippen LogP contribution in [-0.4, -0.2) is 80.3 Å². The van der Waals surface area contributed by atoms with Crippen molar-refractivity contribution in [1.82, 2.24) is 40.8 Å². The molecule has 0 aliphatic heterocycles. The molecule has 0 aliphatic rings. The van der Waals surface area contributed by atoms with E-state index in [1.165, 1.54) is 38.5 Å². The molecule has 6 aromatic rings. The highest BCUT2D eigenvalue weighted by Crippen LogP contribution is 2.38. The fourth-order valence-corrected chi connectivity index (χ4v) is 7.30. The van der Waals surface area contributed by atoms with Crippen molar-refractivity contribution in [1.29, 1.82) is 0 Å². The number of nitrogens with one attached hydrogen (secondary N) is 4. The zero-order chi connectivity index (χ0) is 48.4. The first-order valence-corrected chi connectivity index (χ1v) is 20.7. The fourth-order valence-electron chi connectivity index (χ4n) is 6.96. The van der Waals surface area contributed by atoms with Gasteiger partial charge >= 0.3 is 12.2 Å². The number of rotatable bonds is 11. The molecule has 0 saturated heterocycles. The number of methoxy groups -OCH3 is 2. The Hall–Kier alpha value is -7.58. The highest BCUT2D eigenvalue weighted by Gasteiger charge is 2.28. The third kappa shape index (κ3) is 10.3. The van der Waals surface area contributed by atoms with Crippen molar-refractivity contribution in [3.63, 3.8) is 0 Å². The number of benzene rings is 4. The van der Waals surface area contributed by atoms with Crippen LogP contribution in [0.3, 0.4) is 0 Å². The molecule has 20 nitrogen and oxygen atoms in total. The van der Waals surface area contributed by atoms with Gasteiger partial charge in [0, 0.05) is 34.3 Å². The van der Waals surface area contributed by atoms with E-state index in [-0.39, 0.29) is 90.7 Å². The number of fused-ring (bicyclic) bond motifs is 2. The lowest BCUT2D eigenvalue weighted by Crippen LogP contribution is -2.44. The molecule has 22 heteroatoms. The summed E-state index contributed by atoms with van der Waals surface area (Å²) in [6.07, 6.45) is -1.84. The second-order valence-electron chi connectivity index (χ2n) is 16.5. The van der Waals surface area contributed by atoms with Crippen LogP contribution in [0.15, 0.2) is 60.7 Å². The van der Waals surface area contributed by atoms with Crippen molar-refractivity contribution in [2.24, 2.45) is 11.5 Å². The standard InChI is InChI=1S/C44H46Cl2N10O10/c1-43(2,3)65-41(61)53-51-39(59)27-19-21(45)9-11-23(27)37-49-31-29(15-13-25(35(47)57)33(31)63-7)55(37)17-18-56-30-16-14-26(36(48)58)34(64-8)32(30)50-38(56)24-12-10-22(46)20-28(24)40(60)52-54-42(62)66-44(4,5)6/h9-16,19-20H,17-18H2,1-8H3,(H2,47,57)(H2,48,58)(H,51,59)(H,52,60)(H,53,61)(H,54,62). The molecule has 0 bridgehead atoms. The van der Waals surface area contributed by atoms with Gasteiger partial charge in [0.1, 0.15) is 33.9 Å². The van der Waals surface area contributed by atoms with E-state index in [0.717, 1.165) is 0 Å². The zero-order valence-electron chi connectivity index (χ0n) is 37.0. The SMILES string of the molecule is COc1c(C(N)=O)ccc2c1nc(-c1ccc(Cl)cc1C(=O)NNC(=O)OC(C)(C)C)n2CCn1c(-c2ccc(Cl)cc2C(=O)NNC(=O)OC(C)(C)C)nc2c(OC)c(C(N)=O)ccc21. The smallest absolute Gasteiger partial charge is 0.426 e. The number of primary amides is 2. The topological polar surface area (TPSA) is 275 Å². The summed E-state index contributed by atoms with van der Waals surface area (Å²) in [5.41, 5.74) is 20.7. The van der Waals surface area contributed by atoms with E-state index in [2.05, 4.69) is 21.7 Å². The molecule has 0 radical (unpaired) electrons. The van der Waals surface area contributed by atoms with Gasteiger partial charge in [-0.1, -0.05) is 23.2 Å². The molecule has 66 heavy (non-hydrogen) atoms. The molecule has 8 N–H and O–H groups in total. The van der Waals surface area contributed by atoms with Crippen LogP contribution in [0.1, 0.15) is 83.0 Å². The van der Waals surface area contributed by atoms with Crippen molar-refractivity contribution < 1.29 is 47.7 Å². The molecular weight excluding hydrogens is 899 g/mol. The van der Waals surface area contributed by atoms with Gasteiger partial charge in [-0.15, -0.1) is 0 Å². The predicted octanol–water partition coefficient (Wildman–Crippen LogP) is 6.28. The quantitative estimate of drug-likeness (QED) is 0.0783. The fraction of sp³-hybridized carbons (Fsp3) is 0.273. The molecule has 2 aromatic heterocycles. The van der Waals surface area contributed by atoms with E-state index < -0.39 is 47.0 Å². The van der Waals surface area contributed by atoms with Crippen molar-refractivity contribution in [3.8, 4) is 34.3 Å². The third-order valence-corrected chi connectivity index (χ3v) is 9.99.